The van der Waals surface area contributed by atoms with Gasteiger partial charge in [0.25, 0.3) is 0 Å². The van der Waals surface area contributed by atoms with Gasteiger partial charge < -0.3 is 9.05 Å². The van der Waals surface area contributed by atoms with Crippen molar-refractivity contribution in [1.29, 1.82) is 5.26 Å². The van der Waals surface area contributed by atoms with Crippen LogP contribution < -0.4 is 0 Å². The lowest BCUT2D eigenvalue weighted by Crippen LogP contribution is -2.19. The van der Waals surface area contributed by atoms with E-state index in [9.17, 15) is 18.2 Å². The summed E-state index contributed by atoms with van der Waals surface area (Å²) in [5, 5.41) is 9.47. The largest absolute Gasteiger partial charge is 0.351 e. The fraction of sp³-hybridized carbons (Fsp3) is 0.533. The first kappa shape index (κ1) is 19.1. The van der Waals surface area contributed by atoms with Crippen LogP contribution in [0.25, 0.3) is 0 Å². The van der Waals surface area contributed by atoms with Crippen LogP contribution in [0.3, 0.4) is 0 Å². The lowest BCUT2D eigenvalue weighted by molar-refractivity contribution is 0.216. The van der Waals surface area contributed by atoms with Crippen LogP contribution in [0, 0.1) is 18.3 Å². The fourth-order valence-electron chi connectivity index (χ4n) is 2.63. The maximum atomic E-state index is 13.0. The summed E-state index contributed by atoms with van der Waals surface area (Å²) in [6.07, 6.45) is 0. The summed E-state index contributed by atoms with van der Waals surface area (Å²) < 4.78 is 50.2. The average molecular weight is 372 g/mol. The number of sulfonamides is 1. The summed E-state index contributed by atoms with van der Waals surface area (Å²) in [6, 6.07) is 8.20. The predicted octanol–water partition coefficient (Wildman–Crippen LogP) is 2.87. The van der Waals surface area contributed by atoms with Crippen molar-refractivity contribution < 1.29 is 22.0 Å². The van der Waals surface area contributed by atoms with Crippen LogP contribution in [0.15, 0.2) is 29.2 Å². The number of nitriles is 1. The van der Waals surface area contributed by atoms with Crippen molar-refractivity contribution in [3.05, 3.63) is 29.8 Å². The monoisotopic (exact) mass is 372 g/mol. The Morgan fingerprint density at radius 1 is 1.25 bits per heavy atom. The standard InChI is InChI=1S/C15H21N2O5PS/c1-5-21-23(18,22-6-2)14-15(4,11-16)17(14)24(19,20)13-9-7-12(3)8-10-13/h7-10,14H,5-6H2,1-4H3/t14-,15-,17?/m0/s1. The van der Waals surface area contributed by atoms with Gasteiger partial charge in [0.1, 0.15) is 5.54 Å². The molecular formula is C15H21N2O5PS. The number of nitrogens with zero attached hydrogens (tertiary/aromatic N) is 2. The molecule has 0 aliphatic carbocycles. The summed E-state index contributed by atoms with van der Waals surface area (Å²) in [6.45, 7) is 6.72. The third kappa shape index (κ3) is 3.03. The minimum absolute atomic E-state index is 0.0385. The van der Waals surface area contributed by atoms with Crippen LogP contribution in [-0.2, 0) is 23.6 Å². The molecule has 1 fully saturated rings. The molecule has 0 spiro atoms. The first-order valence-electron chi connectivity index (χ1n) is 7.58. The van der Waals surface area contributed by atoms with Gasteiger partial charge in [0.2, 0.25) is 10.0 Å². The van der Waals surface area contributed by atoms with Crippen molar-refractivity contribution >= 4 is 17.6 Å². The molecule has 0 amide bonds. The van der Waals surface area contributed by atoms with E-state index in [1.54, 1.807) is 26.0 Å². The number of rotatable bonds is 7. The molecule has 1 unspecified atom stereocenters. The van der Waals surface area contributed by atoms with Crippen LogP contribution >= 0.6 is 7.60 Å². The van der Waals surface area contributed by atoms with Crippen molar-refractivity contribution in [2.45, 2.75) is 43.9 Å². The number of benzene rings is 1. The van der Waals surface area contributed by atoms with Crippen LogP contribution in [-0.4, -0.2) is 37.3 Å². The molecule has 0 aromatic heterocycles. The molecule has 0 saturated carbocycles. The average Bonchev–Trinajstić information content (AvgIpc) is 3.17. The zero-order valence-corrected chi connectivity index (χ0v) is 15.8. The Morgan fingerprint density at radius 3 is 2.17 bits per heavy atom. The molecule has 3 atom stereocenters. The van der Waals surface area contributed by atoms with Gasteiger partial charge in [-0.3, -0.25) is 4.57 Å². The molecule has 2 rings (SSSR count). The summed E-state index contributed by atoms with van der Waals surface area (Å²) in [7, 11) is -7.77. The molecular weight excluding hydrogens is 351 g/mol. The van der Waals surface area contributed by atoms with E-state index in [-0.39, 0.29) is 18.1 Å². The minimum Gasteiger partial charge on any atom is -0.308 e. The normalized spacial score (nSPS) is 26.8. The Kier molecular flexibility index (Phi) is 5.24. The zero-order valence-electron chi connectivity index (χ0n) is 14.1. The Balaban J connectivity index is 2.47. The predicted molar refractivity (Wildman–Crippen MR) is 88.9 cm³/mol. The van der Waals surface area contributed by atoms with E-state index in [0.717, 1.165) is 9.87 Å². The molecule has 0 radical (unpaired) electrons. The van der Waals surface area contributed by atoms with Gasteiger partial charge in [0, 0.05) is 0 Å². The molecule has 0 N–H and O–H groups in total. The first-order chi connectivity index (χ1) is 11.2. The molecule has 1 saturated heterocycles. The maximum Gasteiger partial charge on any atom is 0.351 e. The van der Waals surface area contributed by atoms with Crippen LogP contribution in [0.1, 0.15) is 26.3 Å². The van der Waals surface area contributed by atoms with Gasteiger partial charge in [0.15, 0.2) is 5.78 Å². The van der Waals surface area contributed by atoms with E-state index in [1.807, 2.05) is 13.0 Å². The summed E-state index contributed by atoms with van der Waals surface area (Å²) in [5.41, 5.74) is -0.558. The molecule has 1 aliphatic rings. The number of hydrogen-bond acceptors (Lipinski definition) is 6. The fourth-order valence-corrected chi connectivity index (χ4v) is 7.50. The SMILES string of the molecule is CCOP(=O)(OCC)[C@@H]1N(S(=O)(=O)c2ccc(C)cc2)[C@@]1(C)C#N. The number of aryl methyl sites for hydroxylation is 1. The molecule has 24 heavy (non-hydrogen) atoms. The lowest BCUT2D eigenvalue weighted by atomic mass is 10.2. The molecule has 1 aromatic carbocycles. The van der Waals surface area contributed by atoms with E-state index < -0.39 is 28.9 Å². The van der Waals surface area contributed by atoms with E-state index >= 15 is 0 Å². The van der Waals surface area contributed by atoms with Gasteiger partial charge in [-0.05, 0) is 39.8 Å². The van der Waals surface area contributed by atoms with Crippen molar-refractivity contribution in [1.82, 2.24) is 4.31 Å². The quantitative estimate of drug-likeness (QED) is 0.539. The highest BCUT2D eigenvalue weighted by molar-refractivity contribution is 7.90. The molecule has 1 aliphatic heterocycles. The zero-order chi connectivity index (χ0) is 18.2. The maximum absolute atomic E-state index is 13.0. The summed E-state index contributed by atoms with van der Waals surface area (Å²) in [5.74, 6) is -1.15. The second kappa shape index (κ2) is 6.58. The van der Waals surface area contributed by atoms with Crippen LogP contribution in [0.5, 0.6) is 0 Å². The van der Waals surface area contributed by atoms with Crippen molar-refractivity contribution in [2.75, 3.05) is 13.2 Å². The van der Waals surface area contributed by atoms with Gasteiger partial charge in [-0.25, -0.2) is 8.42 Å². The second-order valence-corrected chi connectivity index (χ2v) is 9.52. The lowest BCUT2D eigenvalue weighted by Gasteiger charge is -2.16. The molecule has 132 valence electrons. The molecule has 1 heterocycles. The second-order valence-electron chi connectivity index (χ2n) is 5.62. The van der Waals surface area contributed by atoms with Gasteiger partial charge in [-0.2, -0.15) is 9.57 Å². The topological polar surface area (TPSA) is 96.5 Å². The molecule has 0 bridgehead atoms. The van der Waals surface area contributed by atoms with Crippen molar-refractivity contribution in [2.24, 2.45) is 0 Å². The van der Waals surface area contributed by atoms with Gasteiger partial charge in [-0.1, -0.05) is 17.7 Å². The van der Waals surface area contributed by atoms with E-state index in [2.05, 4.69) is 0 Å². The summed E-state index contributed by atoms with van der Waals surface area (Å²) >= 11 is 0. The molecule has 9 heteroatoms. The van der Waals surface area contributed by atoms with Gasteiger partial charge >= 0.3 is 7.60 Å². The minimum atomic E-state index is -3.99. The Bertz CT molecular complexity index is 792. The number of hydrogen-bond donors (Lipinski definition) is 0. The third-order valence-electron chi connectivity index (χ3n) is 3.84. The Morgan fingerprint density at radius 2 is 1.75 bits per heavy atom. The highest BCUT2D eigenvalue weighted by atomic mass is 32.2. The first-order valence-corrected chi connectivity index (χ1v) is 10.6. The van der Waals surface area contributed by atoms with Crippen molar-refractivity contribution in [3.8, 4) is 6.07 Å². The van der Waals surface area contributed by atoms with Crippen molar-refractivity contribution in [3.63, 3.8) is 0 Å². The Labute approximate surface area is 142 Å². The van der Waals surface area contributed by atoms with Crippen LogP contribution in [0.4, 0.5) is 0 Å². The van der Waals surface area contributed by atoms with E-state index in [4.69, 9.17) is 9.05 Å². The Hall–Kier alpha value is -1.23. The highest BCUT2D eigenvalue weighted by Gasteiger charge is 2.75. The molecule has 7 nitrogen and oxygen atoms in total. The highest BCUT2D eigenvalue weighted by Crippen LogP contribution is 2.68. The van der Waals surface area contributed by atoms with E-state index in [1.165, 1.54) is 19.1 Å². The van der Waals surface area contributed by atoms with E-state index in [0.29, 0.717) is 0 Å². The summed E-state index contributed by atoms with van der Waals surface area (Å²) in [4.78, 5) is 0.0385. The third-order valence-corrected chi connectivity index (χ3v) is 8.54. The van der Waals surface area contributed by atoms with Gasteiger partial charge in [0.05, 0.1) is 24.2 Å². The van der Waals surface area contributed by atoms with Crippen LogP contribution in [0.2, 0.25) is 0 Å². The molecule has 1 aromatic rings. The van der Waals surface area contributed by atoms with Gasteiger partial charge in [-0.15, -0.1) is 0 Å². The smallest absolute Gasteiger partial charge is 0.308 e.